The van der Waals surface area contributed by atoms with E-state index in [0.717, 1.165) is 0 Å². The predicted molar refractivity (Wildman–Crippen MR) is 79.6 cm³/mol. The van der Waals surface area contributed by atoms with Crippen molar-refractivity contribution in [2.75, 3.05) is 13.2 Å². The van der Waals surface area contributed by atoms with Gasteiger partial charge in [0.05, 0.1) is 13.2 Å². The minimum Gasteiger partial charge on any atom is -0.396 e. The number of ketones is 1. The molecule has 0 amide bonds. The summed E-state index contributed by atoms with van der Waals surface area (Å²) in [5, 5.41) is 49.0. The molecule has 8 nitrogen and oxygen atoms in total. The van der Waals surface area contributed by atoms with Crippen LogP contribution in [0.2, 0.25) is 0 Å². The first-order chi connectivity index (χ1) is 11.2. The lowest BCUT2D eigenvalue weighted by atomic mass is 9.45. The molecule has 4 aliphatic rings. The molecule has 0 aromatic heterocycles. The molecule has 0 radical (unpaired) electrons. The van der Waals surface area contributed by atoms with Crippen molar-refractivity contribution in [2.45, 2.75) is 56.6 Å². The number of aliphatic hydroxyl groups excluding tert-OH is 5. The SMILES string of the molecule is CC1=CC(=O)[C@@H]2C[C@@]1(O[C@@H]1O[C@H](CO)[C@@H](O)[C@H](O)[C@H]1O)[C@]2(C)CO. The molecule has 3 aliphatic carbocycles. The third kappa shape index (κ3) is 2.15. The normalized spacial score (nSPS) is 51.1. The highest BCUT2D eigenvalue weighted by Gasteiger charge is 2.70. The van der Waals surface area contributed by atoms with Gasteiger partial charge in [-0.25, -0.2) is 0 Å². The van der Waals surface area contributed by atoms with E-state index in [1.54, 1.807) is 13.8 Å². The molecule has 8 atom stereocenters. The van der Waals surface area contributed by atoms with Crippen LogP contribution in [-0.2, 0) is 14.3 Å². The van der Waals surface area contributed by atoms with Gasteiger partial charge in [-0.15, -0.1) is 0 Å². The molecular weight excluding hydrogens is 320 g/mol. The van der Waals surface area contributed by atoms with Gasteiger partial charge in [-0.1, -0.05) is 6.92 Å². The highest BCUT2D eigenvalue weighted by Crippen LogP contribution is 2.63. The third-order valence-electron chi connectivity index (χ3n) is 6.02. The van der Waals surface area contributed by atoms with E-state index >= 15 is 0 Å². The van der Waals surface area contributed by atoms with Crippen molar-refractivity contribution < 1.29 is 39.8 Å². The maximum absolute atomic E-state index is 12.1. The van der Waals surface area contributed by atoms with E-state index in [1.807, 2.05) is 0 Å². The van der Waals surface area contributed by atoms with Crippen LogP contribution < -0.4 is 0 Å². The fraction of sp³-hybridized carbons (Fsp3) is 0.812. The number of hydrogen-bond donors (Lipinski definition) is 5. The van der Waals surface area contributed by atoms with Crippen molar-refractivity contribution in [3.8, 4) is 0 Å². The monoisotopic (exact) mass is 344 g/mol. The lowest BCUT2D eigenvalue weighted by molar-refractivity contribution is -0.357. The smallest absolute Gasteiger partial charge is 0.187 e. The Labute approximate surface area is 139 Å². The molecule has 24 heavy (non-hydrogen) atoms. The Morgan fingerprint density at radius 2 is 1.92 bits per heavy atom. The molecule has 0 aromatic rings. The van der Waals surface area contributed by atoms with Crippen molar-refractivity contribution in [1.82, 2.24) is 0 Å². The van der Waals surface area contributed by atoms with Crippen LogP contribution in [0.25, 0.3) is 0 Å². The summed E-state index contributed by atoms with van der Waals surface area (Å²) >= 11 is 0. The Hall–Kier alpha value is -0.870. The Balaban J connectivity index is 1.89. The fourth-order valence-corrected chi connectivity index (χ4v) is 4.23. The Morgan fingerprint density at radius 3 is 2.46 bits per heavy atom. The highest BCUT2D eigenvalue weighted by atomic mass is 16.7. The lowest BCUT2D eigenvalue weighted by Crippen LogP contribution is -2.72. The molecule has 0 aromatic carbocycles. The summed E-state index contributed by atoms with van der Waals surface area (Å²) < 4.78 is 11.4. The first-order valence-corrected chi connectivity index (χ1v) is 8.03. The standard InChI is InChI=1S/C16H24O8/c1-7-3-9(19)8-4-16(7,15(8,2)6-18)24-14-13(22)12(21)11(20)10(5-17)23-14/h3,8,10-14,17-18,20-22H,4-6H2,1-2H3/t8-,10+,11+,12-,13+,14-,15+,16-/m0/s1. The lowest BCUT2D eigenvalue weighted by Gasteiger charge is -2.64. The molecule has 1 saturated carbocycles. The molecule has 8 heteroatoms. The first-order valence-electron chi connectivity index (χ1n) is 8.03. The van der Waals surface area contributed by atoms with E-state index in [4.69, 9.17) is 9.47 Å². The molecule has 0 unspecified atom stereocenters. The van der Waals surface area contributed by atoms with E-state index < -0.39 is 48.3 Å². The third-order valence-corrected chi connectivity index (χ3v) is 6.02. The van der Waals surface area contributed by atoms with Crippen LogP contribution in [0.1, 0.15) is 20.3 Å². The van der Waals surface area contributed by atoms with Crippen LogP contribution in [0.3, 0.4) is 0 Å². The zero-order valence-corrected chi connectivity index (χ0v) is 13.6. The second-order valence-electron chi connectivity index (χ2n) is 7.20. The summed E-state index contributed by atoms with van der Waals surface area (Å²) in [5.41, 5.74) is -1.25. The Kier molecular flexibility index (Phi) is 4.37. The van der Waals surface area contributed by atoms with Crippen molar-refractivity contribution >= 4 is 5.78 Å². The second kappa shape index (κ2) is 5.84. The molecule has 1 aliphatic heterocycles. The summed E-state index contributed by atoms with van der Waals surface area (Å²) in [4.78, 5) is 12.1. The van der Waals surface area contributed by atoms with Gasteiger partial charge in [-0.2, -0.15) is 0 Å². The summed E-state index contributed by atoms with van der Waals surface area (Å²) in [6.07, 6.45) is -5.09. The van der Waals surface area contributed by atoms with Gasteiger partial charge in [0.15, 0.2) is 12.1 Å². The summed E-state index contributed by atoms with van der Waals surface area (Å²) in [6.45, 7) is 2.61. The molecule has 0 spiro atoms. The van der Waals surface area contributed by atoms with Crippen LogP contribution in [-0.4, -0.2) is 80.8 Å². The molecule has 1 saturated heterocycles. The minimum atomic E-state index is -1.54. The summed E-state index contributed by atoms with van der Waals surface area (Å²) in [6, 6.07) is 0. The quantitative estimate of drug-likeness (QED) is 0.398. The van der Waals surface area contributed by atoms with Gasteiger partial charge in [0.25, 0.3) is 0 Å². The molecular formula is C16H24O8. The predicted octanol–water partition coefficient (Wildman–Crippen LogP) is -1.91. The number of carbonyl (C=O) groups is 1. The first kappa shape index (κ1) is 17.9. The number of aliphatic hydroxyl groups is 5. The number of allylic oxidation sites excluding steroid dienone is 1. The fourth-order valence-electron chi connectivity index (χ4n) is 4.23. The molecule has 2 bridgehead atoms. The van der Waals surface area contributed by atoms with Crippen molar-refractivity contribution in [3.63, 3.8) is 0 Å². The molecule has 5 N–H and O–H groups in total. The van der Waals surface area contributed by atoms with E-state index in [9.17, 15) is 30.3 Å². The van der Waals surface area contributed by atoms with E-state index in [-0.39, 0.29) is 18.3 Å². The average Bonchev–Trinajstić information content (AvgIpc) is 2.55. The summed E-state index contributed by atoms with van der Waals surface area (Å²) in [7, 11) is 0. The van der Waals surface area contributed by atoms with Gasteiger partial charge in [0.1, 0.15) is 30.0 Å². The summed E-state index contributed by atoms with van der Waals surface area (Å²) in [5.74, 6) is -0.445. The molecule has 2 fully saturated rings. The second-order valence-corrected chi connectivity index (χ2v) is 7.20. The number of rotatable bonds is 4. The van der Waals surface area contributed by atoms with E-state index in [0.29, 0.717) is 12.0 Å². The number of hydrogen-bond acceptors (Lipinski definition) is 8. The Bertz CT molecular complexity index is 560. The Morgan fingerprint density at radius 1 is 1.25 bits per heavy atom. The van der Waals surface area contributed by atoms with Gasteiger partial charge in [0.2, 0.25) is 0 Å². The van der Waals surface area contributed by atoms with Gasteiger partial charge in [0, 0.05) is 11.3 Å². The van der Waals surface area contributed by atoms with Gasteiger partial charge in [-0.3, -0.25) is 4.79 Å². The zero-order chi connectivity index (χ0) is 17.9. The van der Waals surface area contributed by atoms with E-state index in [2.05, 4.69) is 0 Å². The number of ether oxygens (including phenoxy) is 2. The van der Waals surface area contributed by atoms with E-state index in [1.165, 1.54) is 6.08 Å². The van der Waals surface area contributed by atoms with Gasteiger partial charge < -0.3 is 35.0 Å². The van der Waals surface area contributed by atoms with Crippen LogP contribution in [0.4, 0.5) is 0 Å². The van der Waals surface area contributed by atoms with Gasteiger partial charge >= 0.3 is 0 Å². The number of fused-ring (bicyclic) bond motifs is 1. The maximum Gasteiger partial charge on any atom is 0.187 e. The highest BCUT2D eigenvalue weighted by molar-refractivity contribution is 5.97. The molecule has 1 heterocycles. The minimum absolute atomic E-state index is 0.0664. The topological polar surface area (TPSA) is 137 Å². The number of carbonyl (C=O) groups excluding carboxylic acids is 1. The van der Waals surface area contributed by atoms with Crippen LogP contribution in [0.5, 0.6) is 0 Å². The average molecular weight is 344 g/mol. The molecule has 4 rings (SSSR count). The van der Waals surface area contributed by atoms with Gasteiger partial charge in [-0.05, 0) is 25.0 Å². The van der Waals surface area contributed by atoms with Crippen molar-refractivity contribution in [1.29, 1.82) is 0 Å². The van der Waals surface area contributed by atoms with Crippen molar-refractivity contribution in [3.05, 3.63) is 11.6 Å². The van der Waals surface area contributed by atoms with Crippen LogP contribution >= 0.6 is 0 Å². The zero-order valence-electron chi connectivity index (χ0n) is 13.6. The van der Waals surface area contributed by atoms with Crippen LogP contribution in [0, 0.1) is 11.3 Å². The largest absolute Gasteiger partial charge is 0.396 e. The maximum atomic E-state index is 12.1. The molecule has 136 valence electrons. The van der Waals surface area contributed by atoms with Crippen LogP contribution in [0.15, 0.2) is 11.6 Å². The van der Waals surface area contributed by atoms with Crippen molar-refractivity contribution in [2.24, 2.45) is 11.3 Å².